The molecule has 108 valence electrons. The van der Waals surface area contributed by atoms with Crippen LogP contribution in [0.4, 0.5) is 11.5 Å². The monoisotopic (exact) mass is 326 g/mol. The van der Waals surface area contributed by atoms with Gasteiger partial charge in [0.25, 0.3) is 0 Å². The van der Waals surface area contributed by atoms with Crippen molar-refractivity contribution in [3.05, 3.63) is 52.8 Å². The zero-order valence-electron chi connectivity index (χ0n) is 11.7. The van der Waals surface area contributed by atoms with Crippen LogP contribution in [0, 0.1) is 6.92 Å². The molecule has 4 aromatic rings. The highest BCUT2D eigenvalue weighted by molar-refractivity contribution is 7.18. The highest BCUT2D eigenvalue weighted by Crippen LogP contribution is 2.32. The second-order valence-corrected chi connectivity index (χ2v) is 6.50. The number of hydrogen-bond donors (Lipinski definition) is 1. The van der Waals surface area contributed by atoms with Crippen LogP contribution in [0.25, 0.3) is 21.1 Å². The number of fused-ring (bicyclic) bond motifs is 2. The van der Waals surface area contributed by atoms with Crippen molar-refractivity contribution in [1.29, 1.82) is 0 Å². The van der Waals surface area contributed by atoms with Crippen molar-refractivity contribution >= 4 is 55.6 Å². The third kappa shape index (κ3) is 2.28. The van der Waals surface area contributed by atoms with Crippen LogP contribution in [0.2, 0.25) is 5.28 Å². The van der Waals surface area contributed by atoms with Crippen molar-refractivity contribution in [2.45, 2.75) is 6.92 Å². The van der Waals surface area contributed by atoms with Gasteiger partial charge in [0, 0.05) is 16.5 Å². The van der Waals surface area contributed by atoms with Crippen molar-refractivity contribution in [3.63, 3.8) is 0 Å². The first-order chi connectivity index (χ1) is 10.7. The molecule has 0 atom stereocenters. The number of hydrogen-bond acceptors (Lipinski definition) is 5. The Morgan fingerprint density at radius 3 is 2.91 bits per heavy atom. The van der Waals surface area contributed by atoms with Gasteiger partial charge in [-0.25, -0.2) is 4.98 Å². The van der Waals surface area contributed by atoms with Crippen molar-refractivity contribution < 1.29 is 0 Å². The molecule has 0 radical (unpaired) electrons. The van der Waals surface area contributed by atoms with E-state index in [1.54, 1.807) is 17.5 Å². The molecule has 1 N–H and O–H groups in total. The minimum Gasteiger partial charge on any atom is -0.338 e. The lowest BCUT2D eigenvalue weighted by atomic mass is 10.2. The molecule has 0 spiro atoms. The minimum atomic E-state index is 0.241. The Kier molecular flexibility index (Phi) is 3.17. The zero-order valence-corrected chi connectivity index (χ0v) is 13.2. The van der Waals surface area contributed by atoms with Crippen molar-refractivity contribution in [3.8, 4) is 0 Å². The fourth-order valence-corrected chi connectivity index (χ4v) is 3.54. The summed E-state index contributed by atoms with van der Waals surface area (Å²) >= 11 is 7.65. The molecule has 3 heterocycles. The quantitative estimate of drug-likeness (QED) is 0.530. The molecule has 0 fully saturated rings. The molecule has 4 rings (SSSR count). The van der Waals surface area contributed by atoms with E-state index >= 15 is 0 Å². The number of aromatic nitrogens is 3. The molecule has 0 bridgehead atoms. The molecule has 0 aliphatic heterocycles. The number of halogens is 1. The van der Waals surface area contributed by atoms with E-state index in [2.05, 4.69) is 26.3 Å². The molecule has 0 saturated carbocycles. The third-order valence-electron chi connectivity index (χ3n) is 3.37. The van der Waals surface area contributed by atoms with Gasteiger partial charge in [0.15, 0.2) is 0 Å². The first kappa shape index (κ1) is 13.4. The van der Waals surface area contributed by atoms with E-state index < -0.39 is 0 Å². The fraction of sp³-hybridized carbons (Fsp3) is 0.0625. The number of anilines is 2. The minimum absolute atomic E-state index is 0.241. The summed E-state index contributed by atoms with van der Waals surface area (Å²) in [6, 6.07) is 12.0. The normalized spacial score (nSPS) is 11.2. The summed E-state index contributed by atoms with van der Waals surface area (Å²) < 4.78 is 0. The van der Waals surface area contributed by atoms with Gasteiger partial charge in [-0.15, -0.1) is 11.3 Å². The Balaban J connectivity index is 1.89. The number of para-hydroxylation sites is 1. The molecule has 4 nitrogen and oxygen atoms in total. The number of nitrogens with zero attached hydrogens (tertiary/aromatic N) is 3. The van der Waals surface area contributed by atoms with Gasteiger partial charge < -0.3 is 5.32 Å². The van der Waals surface area contributed by atoms with Gasteiger partial charge in [-0.2, -0.15) is 4.98 Å². The number of thiophene rings is 1. The molecule has 6 heteroatoms. The van der Waals surface area contributed by atoms with Crippen LogP contribution < -0.4 is 5.32 Å². The zero-order chi connectivity index (χ0) is 15.1. The van der Waals surface area contributed by atoms with Crippen LogP contribution in [0.1, 0.15) is 4.88 Å². The van der Waals surface area contributed by atoms with E-state index in [9.17, 15) is 0 Å². The van der Waals surface area contributed by atoms with Gasteiger partial charge in [0.1, 0.15) is 10.6 Å². The summed E-state index contributed by atoms with van der Waals surface area (Å²) in [6.45, 7) is 2.05. The average Bonchev–Trinajstić information content (AvgIpc) is 2.88. The predicted molar refractivity (Wildman–Crippen MR) is 92.2 cm³/mol. The van der Waals surface area contributed by atoms with Crippen molar-refractivity contribution in [2.75, 3.05) is 5.32 Å². The number of rotatable bonds is 2. The van der Waals surface area contributed by atoms with Crippen LogP contribution in [-0.4, -0.2) is 15.0 Å². The fourth-order valence-electron chi connectivity index (χ4n) is 2.44. The second-order valence-electron chi connectivity index (χ2n) is 4.92. The van der Waals surface area contributed by atoms with Crippen LogP contribution in [0.5, 0.6) is 0 Å². The summed E-state index contributed by atoms with van der Waals surface area (Å²) in [4.78, 5) is 15.1. The molecular weight excluding hydrogens is 316 g/mol. The Morgan fingerprint density at radius 1 is 1.14 bits per heavy atom. The lowest BCUT2D eigenvalue weighted by molar-refractivity contribution is 1.23. The highest BCUT2D eigenvalue weighted by atomic mass is 35.5. The molecule has 0 amide bonds. The molecule has 3 aromatic heterocycles. The molecule has 0 aliphatic rings. The lowest BCUT2D eigenvalue weighted by Gasteiger charge is -2.09. The maximum Gasteiger partial charge on any atom is 0.225 e. The van der Waals surface area contributed by atoms with Gasteiger partial charge in [-0.05, 0) is 36.7 Å². The number of aryl methyl sites for hydroxylation is 1. The smallest absolute Gasteiger partial charge is 0.225 e. The Hall–Kier alpha value is -2.24. The van der Waals surface area contributed by atoms with E-state index in [1.807, 2.05) is 37.3 Å². The topological polar surface area (TPSA) is 50.7 Å². The Morgan fingerprint density at radius 2 is 2.00 bits per heavy atom. The van der Waals surface area contributed by atoms with Gasteiger partial charge in [-0.3, -0.25) is 4.98 Å². The van der Waals surface area contributed by atoms with Crippen LogP contribution >= 0.6 is 22.9 Å². The summed E-state index contributed by atoms with van der Waals surface area (Å²) in [7, 11) is 0. The second kappa shape index (κ2) is 5.19. The van der Waals surface area contributed by atoms with Crippen molar-refractivity contribution in [1.82, 2.24) is 15.0 Å². The third-order valence-corrected chi connectivity index (χ3v) is 4.49. The van der Waals surface area contributed by atoms with E-state index in [1.165, 1.54) is 4.88 Å². The maximum absolute atomic E-state index is 6.05. The van der Waals surface area contributed by atoms with Gasteiger partial charge in [0.05, 0.1) is 16.6 Å². The molecular formula is C16H11ClN4S. The molecule has 0 saturated heterocycles. The van der Waals surface area contributed by atoms with Gasteiger partial charge in [-0.1, -0.05) is 18.2 Å². The van der Waals surface area contributed by atoms with Crippen LogP contribution in [-0.2, 0) is 0 Å². The van der Waals surface area contributed by atoms with Crippen LogP contribution in [0.3, 0.4) is 0 Å². The van der Waals surface area contributed by atoms with Gasteiger partial charge >= 0.3 is 0 Å². The molecule has 0 aliphatic carbocycles. The Labute approximate surface area is 135 Å². The molecule has 1 aromatic carbocycles. The van der Waals surface area contributed by atoms with E-state index in [4.69, 9.17) is 11.6 Å². The summed E-state index contributed by atoms with van der Waals surface area (Å²) in [5.41, 5.74) is 1.80. The first-order valence-corrected chi connectivity index (χ1v) is 7.94. The summed E-state index contributed by atoms with van der Waals surface area (Å²) in [5.74, 6) is 0.706. The lowest BCUT2D eigenvalue weighted by Crippen LogP contribution is -1.97. The standard InChI is InChI=1S/C16H11ClN4S/c1-9-8-11-14(20-16(17)21-15(11)22-9)19-12-6-2-4-10-5-3-7-18-13(10)12/h2-8H,1H3,(H,19,20,21). The first-order valence-electron chi connectivity index (χ1n) is 6.75. The van der Waals surface area contributed by atoms with E-state index in [-0.39, 0.29) is 5.28 Å². The molecule has 0 unspecified atom stereocenters. The average molecular weight is 327 g/mol. The summed E-state index contributed by atoms with van der Waals surface area (Å²) in [5, 5.41) is 5.64. The Bertz CT molecular complexity index is 991. The largest absolute Gasteiger partial charge is 0.338 e. The predicted octanol–water partition coefficient (Wildman–Crippen LogP) is 4.94. The highest BCUT2D eigenvalue weighted by Gasteiger charge is 2.11. The molecule has 22 heavy (non-hydrogen) atoms. The van der Waals surface area contributed by atoms with E-state index in [0.29, 0.717) is 5.82 Å². The number of nitrogens with one attached hydrogen (secondary N) is 1. The van der Waals surface area contributed by atoms with Crippen LogP contribution in [0.15, 0.2) is 42.6 Å². The maximum atomic E-state index is 6.05. The van der Waals surface area contributed by atoms with Crippen molar-refractivity contribution in [2.24, 2.45) is 0 Å². The number of pyridine rings is 1. The van der Waals surface area contributed by atoms with Gasteiger partial charge in [0.2, 0.25) is 5.28 Å². The summed E-state index contributed by atoms with van der Waals surface area (Å²) in [6.07, 6.45) is 1.78. The number of benzene rings is 1. The van der Waals surface area contributed by atoms with E-state index in [0.717, 1.165) is 26.8 Å². The SMILES string of the molecule is Cc1cc2c(Nc3cccc4cccnc34)nc(Cl)nc2s1.